The van der Waals surface area contributed by atoms with Gasteiger partial charge in [0, 0.05) is 12.6 Å². The van der Waals surface area contributed by atoms with Crippen molar-refractivity contribution < 1.29 is 9.66 Å². The Hall–Kier alpha value is -1.96. The van der Waals surface area contributed by atoms with Crippen molar-refractivity contribution in [1.82, 2.24) is 9.97 Å². The third-order valence-corrected chi connectivity index (χ3v) is 2.55. The molecular formula is C11H19N5O3. The normalized spacial score (nSPS) is 12.3. The van der Waals surface area contributed by atoms with Gasteiger partial charge in [-0.05, 0) is 12.3 Å². The van der Waals surface area contributed by atoms with Crippen LogP contribution in [0.5, 0.6) is 5.88 Å². The molecule has 8 nitrogen and oxygen atoms in total. The number of nitrogens with one attached hydrogen (secondary N) is 1. The standard InChI is InChI=1S/C11H19N5O3/c1-7(2)4-8(5-12)15-10-9(16(17)18)11(19-3)14-6-13-10/h6-8H,4-5,12H2,1-3H3,(H,13,14,15). The second-order valence-electron chi connectivity index (χ2n) is 4.54. The lowest BCUT2D eigenvalue weighted by molar-refractivity contribution is -0.385. The van der Waals surface area contributed by atoms with Crippen LogP contribution in [0, 0.1) is 16.0 Å². The quantitative estimate of drug-likeness (QED) is 0.563. The third kappa shape index (κ3) is 4.02. The fraction of sp³-hybridized carbons (Fsp3) is 0.636. The van der Waals surface area contributed by atoms with Gasteiger partial charge in [0.25, 0.3) is 5.88 Å². The summed E-state index contributed by atoms with van der Waals surface area (Å²) in [7, 11) is 1.33. The van der Waals surface area contributed by atoms with Crippen LogP contribution in [0.2, 0.25) is 0 Å². The Morgan fingerprint density at radius 1 is 1.53 bits per heavy atom. The first kappa shape index (κ1) is 15.1. The van der Waals surface area contributed by atoms with Gasteiger partial charge in [-0.2, -0.15) is 4.98 Å². The van der Waals surface area contributed by atoms with Crippen LogP contribution in [0.4, 0.5) is 11.5 Å². The predicted octanol–water partition coefficient (Wildman–Crippen LogP) is 1.18. The number of anilines is 1. The molecule has 0 bridgehead atoms. The van der Waals surface area contributed by atoms with Gasteiger partial charge in [-0.25, -0.2) is 4.98 Å². The molecule has 0 saturated heterocycles. The Bertz CT molecular complexity index is 438. The van der Waals surface area contributed by atoms with E-state index in [1.54, 1.807) is 0 Å². The average Bonchev–Trinajstić information content (AvgIpc) is 2.36. The Kier molecular flexibility index (Phi) is 5.43. The molecule has 1 heterocycles. The fourth-order valence-electron chi connectivity index (χ4n) is 1.76. The number of aromatic nitrogens is 2. The Labute approximate surface area is 111 Å². The first-order chi connectivity index (χ1) is 8.99. The van der Waals surface area contributed by atoms with Crippen molar-refractivity contribution in [3.05, 3.63) is 16.4 Å². The Balaban J connectivity index is 3.02. The fourth-order valence-corrected chi connectivity index (χ4v) is 1.76. The van der Waals surface area contributed by atoms with E-state index in [4.69, 9.17) is 10.5 Å². The maximum absolute atomic E-state index is 11.1. The molecule has 0 aliphatic rings. The molecule has 0 radical (unpaired) electrons. The summed E-state index contributed by atoms with van der Waals surface area (Å²) in [6.45, 7) is 4.47. The highest BCUT2D eigenvalue weighted by Gasteiger charge is 2.25. The van der Waals surface area contributed by atoms with Crippen LogP contribution in [0.25, 0.3) is 0 Å². The van der Waals surface area contributed by atoms with Crippen LogP contribution >= 0.6 is 0 Å². The lowest BCUT2D eigenvalue weighted by atomic mass is 10.0. The Morgan fingerprint density at radius 3 is 2.68 bits per heavy atom. The summed E-state index contributed by atoms with van der Waals surface area (Å²) in [5, 5.41) is 14.1. The van der Waals surface area contributed by atoms with Gasteiger partial charge < -0.3 is 15.8 Å². The van der Waals surface area contributed by atoms with Crippen molar-refractivity contribution in [2.45, 2.75) is 26.3 Å². The molecule has 1 unspecified atom stereocenters. The molecule has 0 aliphatic carbocycles. The highest BCUT2D eigenvalue weighted by molar-refractivity contribution is 5.61. The van der Waals surface area contributed by atoms with Crippen molar-refractivity contribution in [2.24, 2.45) is 11.7 Å². The zero-order valence-electron chi connectivity index (χ0n) is 11.3. The van der Waals surface area contributed by atoms with E-state index in [2.05, 4.69) is 29.1 Å². The van der Waals surface area contributed by atoms with Gasteiger partial charge in [-0.1, -0.05) is 13.8 Å². The molecule has 0 spiro atoms. The topological polar surface area (TPSA) is 116 Å². The second-order valence-corrected chi connectivity index (χ2v) is 4.54. The molecule has 0 saturated carbocycles. The van der Waals surface area contributed by atoms with Crippen molar-refractivity contribution in [3.8, 4) is 5.88 Å². The molecule has 106 valence electrons. The maximum atomic E-state index is 11.1. The minimum absolute atomic E-state index is 0.0668. The molecule has 19 heavy (non-hydrogen) atoms. The van der Waals surface area contributed by atoms with E-state index >= 15 is 0 Å². The number of nitrogens with two attached hydrogens (primary N) is 1. The first-order valence-electron chi connectivity index (χ1n) is 5.99. The summed E-state index contributed by atoms with van der Waals surface area (Å²) in [6.07, 6.45) is 2.01. The number of rotatable bonds is 7. The van der Waals surface area contributed by atoms with Crippen LogP contribution < -0.4 is 15.8 Å². The van der Waals surface area contributed by atoms with Gasteiger partial charge in [0.1, 0.15) is 6.33 Å². The number of methoxy groups -OCH3 is 1. The van der Waals surface area contributed by atoms with E-state index < -0.39 is 4.92 Å². The van der Waals surface area contributed by atoms with Crippen LogP contribution in [0.15, 0.2) is 6.33 Å². The Morgan fingerprint density at radius 2 is 2.21 bits per heavy atom. The molecule has 0 aliphatic heterocycles. The van der Waals surface area contributed by atoms with E-state index in [9.17, 15) is 10.1 Å². The van der Waals surface area contributed by atoms with E-state index in [1.165, 1.54) is 13.4 Å². The summed E-state index contributed by atoms with van der Waals surface area (Å²) in [6, 6.07) is -0.0849. The zero-order valence-corrected chi connectivity index (χ0v) is 11.3. The number of nitro groups is 1. The second kappa shape index (κ2) is 6.83. The molecule has 1 aromatic rings. The van der Waals surface area contributed by atoms with Crippen molar-refractivity contribution in [3.63, 3.8) is 0 Å². The number of ether oxygens (including phenoxy) is 1. The van der Waals surface area contributed by atoms with Gasteiger partial charge in [-0.3, -0.25) is 10.1 Å². The van der Waals surface area contributed by atoms with Gasteiger partial charge in [0.05, 0.1) is 12.0 Å². The number of hydrogen-bond donors (Lipinski definition) is 2. The van der Waals surface area contributed by atoms with Crippen LogP contribution in [-0.4, -0.2) is 34.6 Å². The lowest BCUT2D eigenvalue weighted by Crippen LogP contribution is -2.31. The first-order valence-corrected chi connectivity index (χ1v) is 5.99. The summed E-state index contributed by atoms with van der Waals surface area (Å²) in [5.41, 5.74) is 5.39. The SMILES string of the molecule is COc1ncnc(NC(CN)CC(C)C)c1[N+](=O)[O-]. The molecule has 0 amide bonds. The molecule has 8 heteroatoms. The smallest absolute Gasteiger partial charge is 0.372 e. The largest absolute Gasteiger partial charge is 0.476 e. The monoisotopic (exact) mass is 269 g/mol. The summed E-state index contributed by atoms with van der Waals surface area (Å²) in [5.74, 6) is 0.486. The molecule has 3 N–H and O–H groups in total. The minimum Gasteiger partial charge on any atom is -0.476 e. The highest BCUT2D eigenvalue weighted by Crippen LogP contribution is 2.31. The van der Waals surface area contributed by atoms with Crippen LogP contribution in [-0.2, 0) is 0 Å². The molecule has 0 aromatic carbocycles. The van der Waals surface area contributed by atoms with Gasteiger partial charge in [0.2, 0.25) is 5.82 Å². The van der Waals surface area contributed by atoms with E-state index in [0.29, 0.717) is 12.5 Å². The summed E-state index contributed by atoms with van der Waals surface area (Å²) in [4.78, 5) is 18.1. The number of hydrogen-bond acceptors (Lipinski definition) is 7. The lowest BCUT2D eigenvalue weighted by Gasteiger charge is -2.19. The highest BCUT2D eigenvalue weighted by atomic mass is 16.6. The third-order valence-electron chi connectivity index (χ3n) is 2.55. The molecular weight excluding hydrogens is 250 g/mol. The predicted molar refractivity (Wildman–Crippen MR) is 71.2 cm³/mol. The van der Waals surface area contributed by atoms with Crippen molar-refractivity contribution in [2.75, 3.05) is 19.0 Å². The number of nitrogens with zero attached hydrogens (tertiary/aromatic N) is 3. The van der Waals surface area contributed by atoms with E-state index in [1.807, 2.05) is 0 Å². The average molecular weight is 269 g/mol. The summed E-state index contributed by atoms with van der Waals surface area (Å²) < 4.78 is 4.88. The molecule has 0 fully saturated rings. The molecule has 1 aromatic heterocycles. The van der Waals surface area contributed by atoms with Gasteiger partial charge >= 0.3 is 5.69 Å². The van der Waals surface area contributed by atoms with E-state index in [0.717, 1.165) is 6.42 Å². The van der Waals surface area contributed by atoms with Crippen LogP contribution in [0.3, 0.4) is 0 Å². The van der Waals surface area contributed by atoms with Crippen molar-refractivity contribution in [1.29, 1.82) is 0 Å². The molecule has 1 rings (SSSR count). The summed E-state index contributed by atoms with van der Waals surface area (Å²) >= 11 is 0. The van der Waals surface area contributed by atoms with Crippen LogP contribution in [0.1, 0.15) is 20.3 Å². The van der Waals surface area contributed by atoms with E-state index in [-0.39, 0.29) is 23.4 Å². The maximum Gasteiger partial charge on any atom is 0.372 e. The van der Waals surface area contributed by atoms with Gasteiger partial charge in [0.15, 0.2) is 0 Å². The van der Waals surface area contributed by atoms with Crippen molar-refractivity contribution >= 4 is 11.5 Å². The minimum atomic E-state index is -0.565. The van der Waals surface area contributed by atoms with Gasteiger partial charge in [-0.15, -0.1) is 0 Å². The zero-order chi connectivity index (χ0) is 14.4. The molecule has 1 atom stereocenters.